The molecule has 1 saturated carbocycles. The van der Waals surface area contributed by atoms with Gasteiger partial charge >= 0.3 is 7.82 Å². The molecule has 3 atom stereocenters. The summed E-state index contributed by atoms with van der Waals surface area (Å²) in [5.74, 6) is 0.233. The van der Waals surface area contributed by atoms with Crippen molar-refractivity contribution in [3.05, 3.63) is 47.5 Å². The van der Waals surface area contributed by atoms with E-state index in [9.17, 15) is 14.3 Å². The van der Waals surface area contributed by atoms with Crippen LogP contribution >= 0.6 is 7.82 Å². The molecule has 26 heavy (non-hydrogen) atoms. The van der Waals surface area contributed by atoms with Gasteiger partial charge < -0.3 is 4.89 Å². The molecular weight excluding hydrogens is 351 g/mol. The summed E-state index contributed by atoms with van der Waals surface area (Å²) in [6.07, 6.45) is 4.85. The molecule has 0 amide bonds. The van der Waals surface area contributed by atoms with E-state index in [0.717, 1.165) is 30.4 Å². The molecule has 1 aliphatic carbocycles. The monoisotopic (exact) mass is 380 g/mol. The Balaban J connectivity index is 1.85. The molecule has 1 fully saturated rings. The van der Waals surface area contributed by atoms with E-state index in [1.807, 2.05) is 57.2 Å². The molecule has 0 heterocycles. The van der Waals surface area contributed by atoms with Gasteiger partial charge in [0.25, 0.3) is 0 Å². The normalized spacial score (nSPS) is 22.5. The van der Waals surface area contributed by atoms with Crippen LogP contribution in [0, 0.1) is 17.8 Å². The van der Waals surface area contributed by atoms with Crippen LogP contribution in [0.4, 0.5) is 0 Å². The van der Waals surface area contributed by atoms with Gasteiger partial charge in [-0.3, -0.25) is 13.8 Å². The highest BCUT2D eigenvalue weighted by Crippen LogP contribution is 2.44. The van der Waals surface area contributed by atoms with E-state index in [-0.39, 0.29) is 36.8 Å². The zero-order valence-electron chi connectivity index (χ0n) is 15.8. The van der Waals surface area contributed by atoms with Crippen molar-refractivity contribution in [2.24, 2.45) is 17.8 Å². The number of phosphoric ester groups is 1. The zero-order chi connectivity index (χ0) is 19.2. The van der Waals surface area contributed by atoms with Gasteiger partial charge in [0.1, 0.15) is 5.78 Å². The van der Waals surface area contributed by atoms with Crippen LogP contribution < -0.4 is 0 Å². The molecule has 0 spiro atoms. The van der Waals surface area contributed by atoms with Crippen molar-refractivity contribution >= 4 is 13.6 Å². The van der Waals surface area contributed by atoms with Crippen LogP contribution in [0.1, 0.15) is 45.6 Å². The first kappa shape index (κ1) is 21.0. The first-order chi connectivity index (χ1) is 12.3. The number of hydrogen-bond acceptors (Lipinski definition) is 4. The topological polar surface area (TPSA) is 72.8 Å². The number of rotatable bonds is 9. The van der Waals surface area contributed by atoms with Crippen molar-refractivity contribution in [2.45, 2.75) is 46.6 Å². The van der Waals surface area contributed by atoms with Gasteiger partial charge in [-0.2, -0.15) is 0 Å². The van der Waals surface area contributed by atoms with Gasteiger partial charge in [0.2, 0.25) is 0 Å². The highest BCUT2D eigenvalue weighted by atomic mass is 31.2. The predicted octanol–water partition coefficient (Wildman–Crippen LogP) is 4.91. The Morgan fingerprint density at radius 2 is 1.96 bits per heavy atom. The van der Waals surface area contributed by atoms with Crippen molar-refractivity contribution in [2.75, 3.05) is 6.61 Å². The smallest absolute Gasteiger partial charge is 0.302 e. The predicted molar refractivity (Wildman–Crippen MR) is 101 cm³/mol. The summed E-state index contributed by atoms with van der Waals surface area (Å²) in [6.45, 7) is 5.87. The van der Waals surface area contributed by atoms with Crippen LogP contribution in [0.5, 0.6) is 0 Å². The molecule has 0 bridgehead atoms. The molecule has 0 radical (unpaired) electrons. The highest BCUT2D eigenvalue weighted by molar-refractivity contribution is 7.47. The summed E-state index contributed by atoms with van der Waals surface area (Å²) >= 11 is 0. The number of phosphoric acid groups is 1. The van der Waals surface area contributed by atoms with Gasteiger partial charge in [-0.05, 0) is 30.7 Å². The Labute approximate surface area is 156 Å². The average Bonchev–Trinajstić information content (AvgIpc) is 3.06. The Morgan fingerprint density at radius 3 is 2.62 bits per heavy atom. The van der Waals surface area contributed by atoms with Crippen LogP contribution in [-0.4, -0.2) is 17.3 Å². The number of hydrogen-bond donors (Lipinski definition) is 1. The molecule has 1 aromatic carbocycles. The number of benzene rings is 1. The third-order valence-corrected chi connectivity index (χ3v) is 5.49. The first-order valence-corrected chi connectivity index (χ1v) is 10.7. The lowest BCUT2D eigenvalue weighted by atomic mass is 9.89. The third kappa shape index (κ3) is 6.48. The van der Waals surface area contributed by atoms with Crippen molar-refractivity contribution in [3.8, 4) is 0 Å². The second-order valence-electron chi connectivity index (χ2n) is 7.24. The van der Waals surface area contributed by atoms with E-state index in [0.29, 0.717) is 0 Å². The van der Waals surface area contributed by atoms with Gasteiger partial charge in [-0.1, -0.05) is 62.8 Å². The summed E-state index contributed by atoms with van der Waals surface area (Å²) in [6, 6.07) is 9.19. The standard InChI is InChI=1S/C20H29O5P/c1-15(2)20(21)19-11-7-10-18(19)12-16(3)13-24-26(22,23)25-14-17-8-5-4-6-9-17/h4-6,8-9,12,15-16,19H,7,10-11,13-14H2,1-3H3,(H,22,23)/b18-12-/t16-,19-/m1/s1. The molecule has 144 valence electrons. The molecule has 0 saturated heterocycles. The number of carbonyl (C=O) groups is 1. The number of ketones is 1. The Hall–Kier alpha value is -1.26. The van der Waals surface area contributed by atoms with E-state index in [1.165, 1.54) is 0 Å². The van der Waals surface area contributed by atoms with Gasteiger partial charge in [0, 0.05) is 11.8 Å². The van der Waals surface area contributed by atoms with E-state index in [1.54, 1.807) is 0 Å². The Morgan fingerprint density at radius 1 is 1.27 bits per heavy atom. The second-order valence-corrected chi connectivity index (χ2v) is 8.70. The van der Waals surface area contributed by atoms with Gasteiger partial charge in [0.05, 0.1) is 13.2 Å². The van der Waals surface area contributed by atoms with Crippen LogP contribution in [0.3, 0.4) is 0 Å². The third-order valence-electron chi connectivity index (χ3n) is 4.55. The lowest BCUT2D eigenvalue weighted by molar-refractivity contribution is -0.124. The Kier molecular flexibility index (Phi) is 7.78. The summed E-state index contributed by atoms with van der Waals surface area (Å²) in [4.78, 5) is 22.1. The first-order valence-electron chi connectivity index (χ1n) is 9.18. The van der Waals surface area contributed by atoms with Crippen molar-refractivity contribution in [1.29, 1.82) is 0 Å². The molecule has 0 aliphatic heterocycles. The summed E-state index contributed by atoms with van der Waals surface area (Å²) in [5.41, 5.74) is 1.94. The van der Waals surface area contributed by atoms with E-state index in [2.05, 4.69) is 0 Å². The van der Waals surface area contributed by atoms with Crippen LogP contribution in [0.2, 0.25) is 0 Å². The van der Waals surface area contributed by atoms with Gasteiger partial charge in [0.15, 0.2) is 0 Å². The zero-order valence-corrected chi connectivity index (χ0v) is 16.7. The Bertz CT molecular complexity index is 668. The maximum Gasteiger partial charge on any atom is 0.472 e. The SMILES string of the molecule is CC(C)C(=O)[C@@H]1CCC/C1=C/[C@@H](C)COP(=O)(O)OCc1ccccc1. The average molecular weight is 380 g/mol. The number of Topliss-reactive ketones (excluding diaryl/α,β-unsaturated/α-hetero) is 1. The second kappa shape index (κ2) is 9.61. The fourth-order valence-electron chi connectivity index (χ4n) is 3.19. The maximum atomic E-state index is 12.3. The molecule has 2 rings (SSSR count). The van der Waals surface area contributed by atoms with Crippen molar-refractivity contribution in [3.63, 3.8) is 0 Å². The highest BCUT2D eigenvalue weighted by Gasteiger charge is 2.29. The molecule has 1 unspecified atom stereocenters. The van der Waals surface area contributed by atoms with Gasteiger partial charge in [-0.15, -0.1) is 0 Å². The minimum atomic E-state index is -4.10. The maximum absolute atomic E-state index is 12.3. The number of carbonyl (C=O) groups excluding carboxylic acids is 1. The largest absolute Gasteiger partial charge is 0.472 e. The molecule has 1 aromatic rings. The van der Waals surface area contributed by atoms with Crippen LogP contribution in [0.25, 0.3) is 0 Å². The van der Waals surface area contributed by atoms with E-state index < -0.39 is 7.82 Å². The summed E-state index contributed by atoms with van der Waals surface area (Å²) < 4.78 is 22.2. The molecule has 6 heteroatoms. The molecule has 1 N–H and O–H groups in total. The molecule has 0 aromatic heterocycles. The number of allylic oxidation sites excluding steroid dienone is 1. The molecule has 1 aliphatic rings. The molecule has 5 nitrogen and oxygen atoms in total. The van der Waals surface area contributed by atoms with Crippen LogP contribution in [0.15, 0.2) is 42.0 Å². The summed E-state index contributed by atoms with van der Waals surface area (Å²) in [5, 5.41) is 0. The minimum absolute atomic E-state index is 0.00675. The van der Waals surface area contributed by atoms with Crippen LogP contribution in [-0.2, 0) is 25.0 Å². The van der Waals surface area contributed by atoms with Crippen molar-refractivity contribution < 1.29 is 23.3 Å². The summed E-state index contributed by atoms with van der Waals surface area (Å²) in [7, 11) is -4.10. The lowest BCUT2D eigenvalue weighted by Gasteiger charge is -2.17. The lowest BCUT2D eigenvalue weighted by Crippen LogP contribution is -2.19. The molecular formula is C20H29O5P. The van der Waals surface area contributed by atoms with E-state index in [4.69, 9.17) is 9.05 Å². The fourth-order valence-corrected chi connectivity index (χ4v) is 4.00. The van der Waals surface area contributed by atoms with E-state index >= 15 is 0 Å². The quantitative estimate of drug-likeness (QED) is 0.487. The van der Waals surface area contributed by atoms with Crippen molar-refractivity contribution in [1.82, 2.24) is 0 Å². The fraction of sp³-hybridized carbons (Fsp3) is 0.550. The minimum Gasteiger partial charge on any atom is -0.302 e. The van der Waals surface area contributed by atoms with Gasteiger partial charge in [-0.25, -0.2) is 4.57 Å².